The van der Waals surface area contributed by atoms with Crippen LogP contribution in [0.3, 0.4) is 0 Å². The molecule has 0 amide bonds. The van der Waals surface area contributed by atoms with Crippen LogP contribution in [0.15, 0.2) is 29.2 Å². The zero-order chi connectivity index (χ0) is 14.6. The number of benzene rings is 1. The Bertz CT molecular complexity index is 557. The summed E-state index contributed by atoms with van der Waals surface area (Å²) in [6.45, 7) is 3.69. The highest BCUT2D eigenvalue weighted by molar-refractivity contribution is 14.1. The van der Waals surface area contributed by atoms with Gasteiger partial charge in [0.15, 0.2) is 0 Å². The van der Waals surface area contributed by atoms with E-state index in [4.69, 9.17) is 5.11 Å². The molecule has 0 bridgehead atoms. The van der Waals surface area contributed by atoms with Crippen molar-refractivity contribution >= 4 is 38.6 Å². The Kier molecular flexibility index (Phi) is 5.75. The topological polar surface area (TPSA) is 83.5 Å². The molecular weight excluding hydrogens is 381 g/mol. The minimum atomic E-state index is -3.81. The molecule has 5 nitrogen and oxygen atoms in total. The lowest BCUT2D eigenvalue weighted by Crippen LogP contribution is -2.41. The molecule has 1 rings (SSSR count). The molecule has 0 heterocycles. The van der Waals surface area contributed by atoms with Crippen molar-refractivity contribution in [2.24, 2.45) is 5.92 Å². The average Bonchev–Trinajstić information content (AvgIpc) is 2.27. The van der Waals surface area contributed by atoms with E-state index in [-0.39, 0.29) is 17.2 Å². The summed E-state index contributed by atoms with van der Waals surface area (Å²) in [5.74, 6) is -1.08. The second-order valence-electron chi connectivity index (χ2n) is 4.60. The molecule has 0 spiro atoms. The molecule has 0 aliphatic heterocycles. The van der Waals surface area contributed by atoms with E-state index in [9.17, 15) is 13.2 Å². The number of carboxylic acids is 1. The Morgan fingerprint density at radius 3 is 2.53 bits per heavy atom. The number of aliphatic carboxylic acids is 1. The van der Waals surface area contributed by atoms with E-state index in [1.54, 1.807) is 12.1 Å². The molecule has 19 heavy (non-hydrogen) atoms. The fraction of sp³-hybridized carbons (Fsp3) is 0.417. The zero-order valence-corrected chi connectivity index (χ0v) is 13.6. The van der Waals surface area contributed by atoms with Gasteiger partial charge in [0.2, 0.25) is 10.0 Å². The fourth-order valence-electron chi connectivity index (χ4n) is 1.56. The summed E-state index contributed by atoms with van der Waals surface area (Å²) in [4.78, 5) is 11.2. The van der Waals surface area contributed by atoms with Crippen molar-refractivity contribution in [1.82, 2.24) is 4.72 Å². The first-order chi connectivity index (χ1) is 8.72. The van der Waals surface area contributed by atoms with Crippen LogP contribution in [0.4, 0.5) is 0 Å². The molecule has 1 aromatic carbocycles. The average molecular weight is 397 g/mol. The molecule has 2 N–H and O–H groups in total. The maximum atomic E-state index is 12.1. The Morgan fingerprint density at radius 2 is 2.05 bits per heavy atom. The number of hydrogen-bond donors (Lipinski definition) is 2. The SMILES string of the molecule is CC(C)C[C@H](NS(=O)(=O)c1cccc(I)c1)C(=O)O. The van der Waals surface area contributed by atoms with Crippen molar-refractivity contribution in [1.29, 1.82) is 0 Å². The van der Waals surface area contributed by atoms with E-state index < -0.39 is 22.0 Å². The minimum absolute atomic E-state index is 0.0782. The van der Waals surface area contributed by atoms with Crippen LogP contribution in [0.5, 0.6) is 0 Å². The van der Waals surface area contributed by atoms with Gasteiger partial charge in [-0.15, -0.1) is 0 Å². The van der Waals surface area contributed by atoms with Crippen LogP contribution in [-0.2, 0) is 14.8 Å². The Balaban J connectivity index is 2.97. The second-order valence-corrected chi connectivity index (χ2v) is 7.56. The first kappa shape index (κ1) is 16.4. The summed E-state index contributed by atoms with van der Waals surface area (Å²) in [7, 11) is -3.81. The first-order valence-electron chi connectivity index (χ1n) is 5.73. The molecular formula is C12H16INO4S. The summed E-state index contributed by atoms with van der Waals surface area (Å²) in [6, 6.07) is 5.22. The number of sulfonamides is 1. The van der Waals surface area contributed by atoms with Crippen LogP contribution in [-0.4, -0.2) is 25.5 Å². The summed E-state index contributed by atoms with van der Waals surface area (Å²) >= 11 is 2.00. The first-order valence-corrected chi connectivity index (χ1v) is 8.29. The van der Waals surface area contributed by atoms with Crippen LogP contribution < -0.4 is 4.72 Å². The standard InChI is InChI=1S/C12H16INO4S/c1-8(2)6-11(12(15)16)14-19(17,18)10-5-3-4-9(13)7-10/h3-5,7-8,11,14H,6H2,1-2H3,(H,15,16)/t11-/m0/s1. The summed E-state index contributed by atoms with van der Waals surface area (Å²) in [6.07, 6.45) is 0.249. The molecule has 0 aliphatic carbocycles. The minimum Gasteiger partial charge on any atom is -0.480 e. The second kappa shape index (κ2) is 6.67. The van der Waals surface area contributed by atoms with Gasteiger partial charge in [-0.1, -0.05) is 19.9 Å². The van der Waals surface area contributed by atoms with Crippen molar-refractivity contribution < 1.29 is 18.3 Å². The van der Waals surface area contributed by atoms with Gasteiger partial charge in [-0.25, -0.2) is 8.42 Å². The molecule has 0 saturated carbocycles. The molecule has 1 atom stereocenters. The van der Waals surface area contributed by atoms with Crippen molar-refractivity contribution in [2.75, 3.05) is 0 Å². The van der Waals surface area contributed by atoms with Gasteiger partial charge in [-0.2, -0.15) is 4.72 Å². The number of halogens is 1. The molecule has 0 unspecified atom stereocenters. The van der Waals surface area contributed by atoms with Gasteiger partial charge in [0.05, 0.1) is 4.90 Å². The number of rotatable bonds is 6. The van der Waals surface area contributed by atoms with Crippen molar-refractivity contribution in [3.05, 3.63) is 27.8 Å². The lowest BCUT2D eigenvalue weighted by Gasteiger charge is -2.16. The third-order valence-electron chi connectivity index (χ3n) is 2.41. The van der Waals surface area contributed by atoms with Gasteiger partial charge in [0, 0.05) is 3.57 Å². The molecule has 106 valence electrons. The number of carboxylic acid groups (broad SMARTS) is 1. The van der Waals surface area contributed by atoms with E-state index in [1.165, 1.54) is 12.1 Å². The van der Waals surface area contributed by atoms with Gasteiger partial charge < -0.3 is 5.11 Å². The lowest BCUT2D eigenvalue weighted by atomic mass is 10.1. The maximum Gasteiger partial charge on any atom is 0.321 e. The molecule has 1 aromatic rings. The van der Waals surface area contributed by atoms with Crippen molar-refractivity contribution in [3.63, 3.8) is 0 Å². The predicted octanol–water partition coefficient (Wildman–Crippen LogP) is 2.07. The van der Waals surface area contributed by atoms with Gasteiger partial charge in [-0.3, -0.25) is 4.79 Å². The largest absolute Gasteiger partial charge is 0.480 e. The van der Waals surface area contributed by atoms with Gasteiger partial charge in [0.1, 0.15) is 6.04 Å². The third-order valence-corrected chi connectivity index (χ3v) is 4.55. The highest BCUT2D eigenvalue weighted by Gasteiger charge is 2.26. The molecule has 7 heteroatoms. The number of hydrogen-bond acceptors (Lipinski definition) is 3. The van der Waals surface area contributed by atoms with Crippen LogP contribution in [0.25, 0.3) is 0 Å². The maximum absolute atomic E-state index is 12.1. The Morgan fingerprint density at radius 1 is 1.42 bits per heavy atom. The van der Waals surface area contributed by atoms with Crippen molar-refractivity contribution in [3.8, 4) is 0 Å². The number of carbonyl (C=O) groups is 1. The molecule has 0 aliphatic rings. The molecule has 0 fully saturated rings. The summed E-state index contributed by atoms with van der Waals surface area (Å²) < 4.78 is 27.2. The predicted molar refractivity (Wildman–Crippen MR) is 80.4 cm³/mol. The lowest BCUT2D eigenvalue weighted by molar-refractivity contribution is -0.139. The monoisotopic (exact) mass is 397 g/mol. The van der Waals surface area contributed by atoms with Crippen LogP contribution in [0.2, 0.25) is 0 Å². The quantitative estimate of drug-likeness (QED) is 0.720. The van der Waals surface area contributed by atoms with Gasteiger partial charge >= 0.3 is 5.97 Å². The number of nitrogens with one attached hydrogen (secondary N) is 1. The fourth-order valence-corrected chi connectivity index (χ4v) is 3.56. The van der Waals surface area contributed by atoms with Gasteiger partial charge in [0.25, 0.3) is 0 Å². The van der Waals surface area contributed by atoms with E-state index >= 15 is 0 Å². The molecule has 0 aromatic heterocycles. The van der Waals surface area contributed by atoms with Crippen LogP contribution in [0, 0.1) is 9.49 Å². The van der Waals surface area contributed by atoms with E-state index in [1.807, 2.05) is 36.4 Å². The highest BCUT2D eigenvalue weighted by atomic mass is 127. The van der Waals surface area contributed by atoms with E-state index in [0.29, 0.717) is 0 Å². The normalized spacial score (nSPS) is 13.5. The smallest absolute Gasteiger partial charge is 0.321 e. The highest BCUT2D eigenvalue weighted by Crippen LogP contribution is 2.15. The third kappa shape index (κ3) is 5.07. The zero-order valence-electron chi connectivity index (χ0n) is 10.6. The van der Waals surface area contributed by atoms with Gasteiger partial charge in [-0.05, 0) is 53.1 Å². The Labute approximate surface area is 126 Å². The summed E-state index contributed by atoms with van der Waals surface area (Å²) in [5.41, 5.74) is 0. The van der Waals surface area contributed by atoms with Crippen LogP contribution >= 0.6 is 22.6 Å². The van der Waals surface area contributed by atoms with E-state index in [0.717, 1.165) is 3.57 Å². The summed E-state index contributed by atoms with van der Waals surface area (Å²) in [5, 5.41) is 9.06. The molecule has 0 radical (unpaired) electrons. The van der Waals surface area contributed by atoms with Crippen molar-refractivity contribution in [2.45, 2.75) is 31.2 Å². The molecule has 0 saturated heterocycles. The van der Waals surface area contributed by atoms with Crippen LogP contribution in [0.1, 0.15) is 20.3 Å². The Hall–Kier alpha value is -0.670. The van der Waals surface area contributed by atoms with E-state index in [2.05, 4.69) is 4.72 Å².